The van der Waals surface area contributed by atoms with Gasteiger partial charge in [0.2, 0.25) is 0 Å². The number of benzene rings is 1. The van der Waals surface area contributed by atoms with Crippen LogP contribution in [0.3, 0.4) is 0 Å². The molecule has 146 valence electrons. The Morgan fingerprint density at radius 1 is 1.36 bits per heavy atom. The van der Waals surface area contributed by atoms with Gasteiger partial charge in [-0.05, 0) is 36.3 Å². The summed E-state index contributed by atoms with van der Waals surface area (Å²) in [5, 5.41) is 10.8. The van der Waals surface area contributed by atoms with Crippen LogP contribution in [0.15, 0.2) is 29.2 Å². The minimum absolute atomic E-state index is 0.221. The molecule has 1 aromatic carbocycles. The average Bonchev–Trinajstić information content (AvgIpc) is 2.89. The van der Waals surface area contributed by atoms with Crippen molar-refractivity contribution < 1.29 is 19.4 Å². The van der Waals surface area contributed by atoms with E-state index in [0.717, 1.165) is 22.0 Å². The normalized spacial score (nSPS) is 17.0. The Kier molecular flexibility index (Phi) is 5.92. The van der Waals surface area contributed by atoms with Gasteiger partial charge in [-0.25, -0.2) is 9.78 Å². The van der Waals surface area contributed by atoms with Gasteiger partial charge in [0.15, 0.2) is 0 Å². The van der Waals surface area contributed by atoms with Gasteiger partial charge in [0, 0.05) is 5.39 Å². The molecule has 0 spiro atoms. The van der Waals surface area contributed by atoms with Crippen LogP contribution in [-0.4, -0.2) is 44.3 Å². The summed E-state index contributed by atoms with van der Waals surface area (Å²) in [6.07, 6.45) is 1.60. The lowest BCUT2D eigenvalue weighted by atomic mass is 10.0. The van der Waals surface area contributed by atoms with E-state index in [1.165, 1.54) is 0 Å². The first-order valence-corrected chi connectivity index (χ1v) is 9.98. The number of thiocarbonyl (C=S) groups is 1. The highest BCUT2D eigenvalue weighted by Crippen LogP contribution is 2.36. The van der Waals surface area contributed by atoms with Crippen molar-refractivity contribution in [2.24, 2.45) is 5.92 Å². The van der Waals surface area contributed by atoms with Gasteiger partial charge in [0.1, 0.15) is 21.6 Å². The van der Waals surface area contributed by atoms with Gasteiger partial charge in [-0.15, -0.1) is 0 Å². The lowest BCUT2D eigenvalue weighted by Gasteiger charge is -2.26. The van der Waals surface area contributed by atoms with Crippen molar-refractivity contribution in [2.45, 2.75) is 19.9 Å². The van der Waals surface area contributed by atoms with Gasteiger partial charge in [0.25, 0.3) is 5.91 Å². The number of methoxy groups -OCH3 is 1. The smallest absolute Gasteiger partial charge is 0.327 e. The summed E-state index contributed by atoms with van der Waals surface area (Å²) in [7, 11) is 1.54. The van der Waals surface area contributed by atoms with Gasteiger partial charge in [-0.3, -0.25) is 9.69 Å². The number of hydrogen-bond acceptors (Lipinski definition) is 6. The summed E-state index contributed by atoms with van der Waals surface area (Å²) in [5.74, 6) is -1.25. The molecule has 0 bridgehead atoms. The molecular formula is C19H17ClN2O4S2. The standard InChI is InChI=1S/C19H17ClN2O4S2/c1-9(2)16(18(24)25)22-17(23)14(28-19(22)27)8-10-4-5-11-12(20)6-7-13(26-3)15(11)21-10/h4-9,16H,1-3H3,(H,24,25)/b14-8-. The molecule has 28 heavy (non-hydrogen) atoms. The lowest BCUT2D eigenvalue weighted by molar-refractivity contribution is -0.146. The number of carboxylic acid groups (broad SMARTS) is 1. The maximum absolute atomic E-state index is 12.8. The van der Waals surface area contributed by atoms with Gasteiger partial charge in [0.05, 0.1) is 22.7 Å². The Hall–Kier alpha value is -2.16. The van der Waals surface area contributed by atoms with Gasteiger partial charge in [-0.2, -0.15) is 0 Å². The maximum Gasteiger partial charge on any atom is 0.327 e. The van der Waals surface area contributed by atoms with Crippen LogP contribution >= 0.6 is 35.6 Å². The summed E-state index contributed by atoms with van der Waals surface area (Å²) in [5.41, 5.74) is 1.09. The third-order valence-electron chi connectivity index (χ3n) is 4.27. The van der Waals surface area contributed by atoms with Crippen LogP contribution in [0.2, 0.25) is 5.02 Å². The number of amides is 1. The number of rotatable bonds is 5. The van der Waals surface area contributed by atoms with E-state index in [9.17, 15) is 14.7 Å². The Labute approximate surface area is 176 Å². The van der Waals surface area contributed by atoms with E-state index in [0.29, 0.717) is 26.9 Å². The molecule has 1 N–H and O–H groups in total. The number of carbonyl (C=O) groups is 2. The van der Waals surface area contributed by atoms with Crippen LogP contribution in [0, 0.1) is 5.92 Å². The van der Waals surface area contributed by atoms with E-state index in [-0.39, 0.29) is 10.2 Å². The van der Waals surface area contributed by atoms with Crippen molar-refractivity contribution in [1.29, 1.82) is 0 Å². The fraction of sp³-hybridized carbons (Fsp3) is 0.263. The highest BCUT2D eigenvalue weighted by molar-refractivity contribution is 8.26. The first kappa shape index (κ1) is 20.6. The minimum Gasteiger partial charge on any atom is -0.494 e. The molecular weight excluding hydrogens is 420 g/mol. The largest absolute Gasteiger partial charge is 0.494 e. The van der Waals surface area contributed by atoms with Crippen LogP contribution in [-0.2, 0) is 9.59 Å². The highest BCUT2D eigenvalue weighted by Gasteiger charge is 2.41. The number of aliphatic carboxylic acids is 1. The third-order valence-corrected chi connectivity index (χ3v) is 5.93. The molecule has 9 heteroatoms. The van der Waals surface area contributed by atoms with Crippen molar-refractivity contribution in [3.63, 3.8) is 0 Å². The topological polar surface area (TPSA) is 79.7 Å². The van der Waals surface area contributed by atoms with Crippen LogP contribution < -0.4 is 4.74 Å². The highest BCUT2D eigenvalue weighted by atomic mass is 35.5. The molecule has 0 radical (unpaired) electrons. The van der Waals surface area contributed by atoms with Crippen molar-refractivity contribution in [2.75, 3.05) is 7.11 Å². The molecule has 6 nitrogen and oxygen atoms in total. The van der Waals surface area contributed by atoms with E-state index in [1.54, 1.807) is 51.3 Å². The van der Waals surface area contributed by atoms with Crippen LogP contribution in [0.5, 0.6) is 5.75 Å². The van der Waals surface area contributed by atoms with Crippen molar-refractivity contribution in [3.8, 4) is 5.75 Å². The summed E-state index contributed by atoms with van der Waals surface area (Å²) in [6.45, 7) is 3.48. The van der Waals surface area contributed by atoms with Crippen molar-refractivity contribution in [3.05, 3.63) is 39.9 Å². The zero-order chi connectivity index (χ0) is 20.6. The predicted molar refractivity (Wildman–Crippen MR) is 115 cm³/mol. The number of aromatic nitrogens is 1. The van der Waals surface area contributed by atoms with E-state index in [1.807, 2.05) is 0 Å². The summed E-state index contributed by atoms with van der Waals surface area (Å²) >= 11 is 12.5. The molecule has 1 saturated heterocycles. The monoisotopic (exact) mass is 436 g/mol. The van der Waals surface area contributed by atoms with Gasteiger partial charge >= 0.3 is 5.97 Å². The molecule has 3 rings (SSSR count). The number of pyridine rings is 1. The molecule has 0 saturated carbocycles. The Morgan fingerprint density at radius 3 is 2.68 bits per heavy atom. The number of hydrogen-bond donors (Lipinski definition) is 1. The summed E-state index contributed by atoms with van der Waals surface area (Å²) in [4.78, 5) is 30.5. The maximum atomic E-state index is 12.8. The Morgan fingerprint density at radius 2 is 2.07 bits per heavy atom. The molecule has 1 aliphatic rings. The number of ether oxygens (including phenoxy) is 1. The molecule has 1 aromatic heterocycles. The summed E-state index contributed by atoms with van der Waals surface area (Å²) in [6, 6.07) is 5.97. The molecule has 2 heterocycles. The first-order chi connectivity index (χ1) is 13.2. The zero-order valence-corrected chi connectivity index (χ0v) is 17.7. The molecule has 1 unspecified atom stereocenters. The number of carboxylic acids is 1. The Balaban J connectivity index is 2.01. The average molecular weight is 437 g/mol. The van der Waals surface area contributed by atoms with Gasteiger partial charge < -0.3 is 9.84 Å². The fourth-order valence-corrected chi connectivity index (χ4v) is 4.49. The quantitative estimate of drug-likeness (QED) is 0.555. The zero-order valence-electron chi connectivity index (χ0n) is 15.3. The second-order valence-corrected chi connectivity index (χ2v) is 8.54. The molecule has 1 fully saturated rings. The van der Waals surface area contributed by atoms with Crippen LogP contribution in [0.1, 0.15) is 19.5 Å². The first-order valence-electron chi connectivity index (χ1n) is 8.37. The summed E-state index contributed by atoms with van der Waals surface area (Å²) < 4.78 is 5.56. The SMILES string of the molecule is COc1ccc(Cl)c2ccc(/C=C3\SC(=S)N(C(C(=O)O)C(C)C)C3=O)nc12. The van der Waals surface area contributed by atoms with E-state index < -0.39 is 17.9 Å². The van der Waals surface area contributed by atoms with Crippen LogP contribution in [0.25, 0.3) is 17.0 Å². The van der Waals surface area contributed by atoms with E-state index >= 15 is 0 Å². The Bertz CT molecular complexity index is 1020. The molecule has 1 amide bonds. The number of thioether (sulfide) groups is 1. The predicted octanol–water partition coefficient (Wildman–Crippen LogP) is 4.21. The lowest BCUT2D eigenvalue weighted by Crippen LogP contribution is -2.47. The number of nitrogens with zero attached hydrogens (tertiary/aromatic N) is 2. The molecule has 2 aromatic rings. The van der Waals surface area contributed by atoms with E-state index in [4.69, 9.17) is 28.6 Å². The molecule has 0 aliphatic carbocycles. The van der Waals surface area contributed by atoms with Gasteiger partial charge in [-0.1, -0.05) is 49.4 Å². The molecule has 1 aliphatic heterocycles. The second kappa shape index (κ2) is 8.06. The third kappa shape index (κ3) is 3.72. The number of fused-ring (bicyclic) bond motifs is 1. The number of carbonyl (C=O) groups excluding carboxylic acids is 1. The van der Waals surface area contributed by atoms with Crippen LogP contribution in [0.4, 0.5) is 0 Å². The fourth-order valence-electron chi connectivity index (χ4n) is 2.97. The molecule has 1 atom stereocenters. The van der Waals surface area contributed by atoms with Crippen molar-refractivity contribution in [1.82, 2.24) is 9.88 Å². The van der Waals surface area contributed by atoms with E-state index in [2.05, 4.69) is 4.98 Å². The second-order valence-electron chi connectivity index (χ2n) is 6.46. The minimum atomic E-state index is -1.09. The number of halogens is 1. The van der Waals surface area contributed by atoms with Crippen molar-refractivity contribution >= 4 is 68.8 Å².